The van der Waals surface area contributed by atoms with Gasteiger partial charge in [0, 0.05) is 31.4 Å². The molecule has 0 aliphatic heterocycles. The largest absolute Gasteiger partial charge is 0.392 e. The van der Waals surface area contributed by atoms with Crippen molar-refractivity contribution < 1.29 is 30.3 Å². The summed E-state index contributed by atoms with van der Waals surface area (Å²) in [5.41, 5.74) is 4.39. The van der Waals surface area contributed by atoms with Gasteiger partial charge in [-0.05, 0) is 92.4 Å². The number of aliphatic hydroxyl groups excluding tert-OH is 2. The summed E-state index contributed by atoms with van der Waals surface area (Å²) < 4.78 is 0. The van der Waals surface area contributed by atoms with Gasteiger partial charge in [0.25, 0.3) is 0 Å². The summed E-state index contributed by atoms with van der Waals surface area (Å²) in [6.07, 6.45) is 9.37. The van der Waals surface area contributed by atoms with Crippen LogP contribution in [-0.2, 0) is 20.1 Å². The molecule has 2 N–H and O–H groups in total. The molecule has 4 atom stereocenters. The third-order valence-corrected chi connectivity index (χ3v) is 10.5. The Morgan fingerprint density at radius 3 is 2.10 bits per heavy atom. The van der Waals surface area contributed by atoms with Gasteiger partial charge in [0.1, 0.15) is 0 Å². The number of hydrogen-bond donors (Lipinski definition) is 2. The van der Waals surface area contributed by atoms with Crippen molar-refractivity contribution in [3.8, 4) is 11.3 Å². The van der Waals surface area contributed by atoms with Crippen LogP contribution in [-0.4, -0.2) is 27.4 Å². The molecule has 4 heteroatoms. The molecule has 0 bridgehead atoms. The Morgan fingerprint density at radius 1 is 0.821 bits per heavy atom. The summed E-state index contributed by atoms with van der Waals surface area (Å²) in [7, 11) is 0. The molecule has 4 unspecified atom stereocenters. The molecule has 5 rings (SSSR count). The standard InChI is InChI=1S/C19H36O2.C16H12N.Ir/c1-5-18(6-2)12-9-10-14-11-13-19(7-3,8-4)17(21)15(14)16(18)20;1-12-6-5-9-16-14(12)10-11-15(17-16)13-7-3-2-4-8-13;/h14-17,20-21H,5-13H2,1-4H3;2-7,9-11H,1H3;/q;-1;. The summed E-state index contributed by atoms with van der Waals surface area (Å²) in [5, 5.41) is 23.6. The Kier molecular flexibility index (Phi) is 11.3. The second-order valence-electron chi connectivity index (χ2n) is 11.9. The van der Waals surface area contributed by atoms with Gasteiger partial charge < -0.3 is 10.2 Å². The van der Waals surface area contributed by atoms with Crippen LogP contribution >= 0.6 is 0 Å². The zero-order valence-electron chi connectivity index (χ0n) is 24.5. The molecule has 1 heterocycles. The van der Waals surface area contributed by atoms with Crippen molar-refractivity contribution in [2.45, 2.75) is 105 Å². The van der Waals surface area contributed by atoms with Crippen molar-refractivity contribution in [2.24, 2.45) is 22.7 Å². The maximum atomic E-state index is 11.2. The molecule has 1 aromatic heterocycles. The van der Waals surface area contributed by atoms with Crippen molar-refractivity contribution in [1.82, 2.24) is 4.98 Å². The van der Waals surface area contributed by atoms with Gasteiger partial charge in [-0.15, -0.1) is 35.9 Å². The predicted octanol–water partition coefficient (Wildman–Crippen LogP) is 8.54. The van der Waals surface area contributed by atoms with E-state index in [1.807, 2.05) is 30.3 Å². The monoisotopic (exact) mass is 707 g/mol. The first-order chi connectivity index (χ1) is 18.3. The van der Waals surface area contributed by atoms with Gasteiger partial charge in [0.15, 0.2) is 0 Å². The maximum absolute atomic E-state index is 11.2. The van der Waals surface area contributed by atoms with Crippen molar-refractivity contribution >= 4 is 10.9 Å². The number of aliphatic hydroxyl groups is 2. The minimum absolute atomic E-state index is 0. The quantitative estimate of drug-likeness (QED) is 0.262. The van der Waals surface area contributed by atoms with E-state index in [1.54, 1.807) is 0 Å². The second-order valence-corrected chi connectivity index (χ2v) is 11.9. The predicted molar refractivity (Wildman–Crippen MR) is 159 cm³/mol. The topological polar surface area (TPSA) is 53.4 Å². The zero-order valence-corrected chi connectivity index (χ0v) is 26.9. The van der Waals surface area contributed by atoms with Crippen molar-refractivity contribution in [3.63, 3.8) is 0 Å². The van der Waals surface area contributed by atoms with Crippen LogP contribution in [0.15, 0.2) is 54.6 Å². The average Bonchev–Trinajstić information content (AvgIpc) is 3.11. The number of hydrogen-bond acceptors (Lipinski definition) is 3. The van der Waals surface area contributed by atoms with Gasteiger partial charge in [0.05, 0.1) is 17.7 Å². The molecule has 0 spiro atoms. The summed E-state index contributed by atoms with van der Waals surface area (Å²) >= 11 is 0. The number of fused-ring (bicyclic) bond motifs is 2. The maximum Gasteiger partial charge on any atom is 0.0651 e. The zero-order chi connectivity index (χ0) is 27.3. The summed E-state index contributed by atoms with van der Waals surface area (Å²) in [6.45, 7) is 11.0. The summed E-state index contributed by atoms with van der Waals surface area (Å²) in [6, 6.07) is 21.5. The molecule has 2 aliphatic rings. The van der Waals surface area contributed by atoms with Crippen LogP contribution in [0.5, 0.6) is 0 Å². The van der Waals surface area contributed by atoms with Crippen LogP contribution in [0.2, 0.25) is 0 Å². The number of nitrogens with zero attached hydrogens (tertiary/aromatic N) is 1. The van der Waals surface area contributed by atoms with E-state index in [1.165, 1.54) is 30.2 Å². The Bertz CT molecular complexity index is 1170. The first-order valence-electron chi connectivity index (χ1n) is 15.0. The van der Waals surface area contributed by atoms with Crippen molar-refractivity contribution in [1.29, 1.82) is 0 Å². The molecule has 39 heavy (non-hydrogen) atoms. The fourth-order valence-electron chi connectivity index (χ4n) is 7.57. The van der Waals surface area contributed by atoms with E-state index in [4.69, 9.17) is 0 Å². The van der Waals surface area contributed by atoms with E-state index < -0.39 is 0 Å². The molecule has 2 aliphatic carbocycles. The van der Waals surface area contributed by atoms with Crippen LogP contribution in [0.4, 0.5) is 0 Å². The second kappa shape index (κ2) is 13.9. The van der Waals surface area contributed by atoms with Gasteiger partial charge in [-0.3, -0.25) is 4.98 Å². The van der Waals surface area contributed by atoms with E-state index in [0.717, 1.165) is 55.3 Å². The van der Waals surface area contributed by atoms with Crippen LogP contribution in [0.1, 0.15) is 91.0 Å². The number of pyridine rings is 1. The van der Waals surface area contributed by atoms with Crippen molar-refractivity contribution in [3.05, 3.63) is 66.2 Å². The number of aromatic nitrogens is 1. The number of benzene rings is 2. The smallest absolute Gasteiger partial charge is 0.0651 e. The number of rotatable bonds is 5. The molecule has 1 radical (unpaired) electrons. The minimum Gasteiger partial charge on any atom is -0.392 e. The molecule has 3 aromatic rings. The molecule has 0 saturated heterocycles. The van der Waals surface area contributed by atoms with E-state index in [9.17, 15) is 10.2 Å². The molecule has 215 valence electrons. The van der Waals surface area contributed by atoms with Crippen molar-refractivity contribution in [2.75, 3.05) is 0 Å². The van der Waals surface area contributed by atoms with Gasteiger partial charge in [-0.1, -0.05) is 58.4 Å². The molecule has 2 aromatic carbocycles. The SMILES string of the molecule is CCC1(CC)CCCC2CCC(CC)(CC)C(O)C2C1O.Cc1cccc2nc(-c3[c-]cccc3)ccc12.[Ir]. The van der Waals surface area contributed by atoms with Crippen LogP contribution < -0.4 is 0 Å². The fraction of sp³-hybridized carbons (Fsp3) is 0.571. The van der Waals surface area contributed by atoms with Gasteiger partial charge in [-0.2, -0.15) is 0 Å². The molecule has 3 nitrogen and oxygen atoms in total. The Balaban J connectivity index is 0.000000214. The first-order valence-corrected chi connectivity index (χ1v) is 15.0. The molecule has 2 fully saturated rings. The Labute approximate surface area is 250 Å². The fourth-order valence-corrected chi connectivity index (χ4v) is 7.57. The normalized spacial score (nSPS) is 25.4. The van der Waals surface area contributed by atoms with Gasteiger partial charge in [0.2, 0.25) is 0 Å². The van der Waals surface area contributed by atoms with E-state index >= 15 is 0 Å². The average molecular weight is 707 g/mol. The van der Waals surface area contributed by atoms with E-state index in [-0.39, 0.29) is 49.1 Å². The third-order valence-electron chi connectivity index (χ3n) is 10.5. The molecule has 2 saturated carbocycles. The third kappa shape index (κ3) is 6.35. The first kappa shape index (κ1) is 31.9. The van der Waals surface area contributed by atoms with E-state index in [2.05, 4.69) is 69.9 Å². The van der Waals surface area contributed by atoms with Gasteiger partial charge >= 0.3 is 0 Å². The van der Waals surface area contributed by atoms with Crippen LogP contribution in [0.25, 0.3) is 22.2 Å². The molecule has 0 amide bonds. The minimum atomic E-state index is -0.326. The molecular weight excluding hydrogens is 659 g/mol. The van der Waals surface area contributed by atoms with Crippen LogP contribution in [0, 0.1) is 35.7 Å². The summed E-state index contributed by atoms with van der Waals surface area (Å²) in [4.78, 5) is 4.68. The van der Waals surface area contributed by atoms with E-state index in [0.29, 0.717) is 5.92 Å². The molecular formula is C35H48IrNO2-. The Morgan fingerprint density at radius 2 is 1.49 bits per heavy atom. The van der Waals surface area contributed by atoms with Crippen LogP contribution in [0.3, 0.4) is 0 Å². The summed E-state index contributed by atoms with van der Waals surface area (Å²) in [5.74, 6) is 0.627. The Hall–Kier alpha value is -1.58. The van der Waals surface area contributed by atoms with Gasteiger partial charge in [-0.25, -0.2) is 0 Å². The number of aryl methyl sites for hydroxylation is 1.